The first-order chi connectivity index (χ1) is 12.7. The summed E-state index contributed by atoms with van der Waals surface area (Å²) >= 11 is 9.07. The lowest BCUT2D eigenvalue weighted by atomic mass is 10.2. The molecule has 0 N–H and O–H groups in total. The van der Waals surface area contributed by atoms with E-state index in [2.05, 4.69) is 31.8 Å². The summed E-state index contributed by atoms with van der Waals surface area (Å²) < 4.78 is 7.40. The molecule has 0 aliphatic rings. The molecule has 0 spiro atoms. The highest BCUT2D eigenvalue weighted by Crippen LogP contribution is 2.28. The van der Waals surface area contributed by atoms with Gasteiger partial charge in [0.05, 0.1) is 10.6 Å². The van der Waals surface area contributed by atoms with Gasteiger partial charge in [-0.15, -0.1) is 21.5 Å². The van der Waals surface area contributed by atoms with Crippen LogP contribution in [-0.4, -0.2) is 24.9 Å². The number of hydrogen-bond donors (Lipinski definition) is 0. The molecular weight excluding hydrogens is 390 g/mol. The van der Waals surface area contributed by atoms with Gasteiger partial charge in [-0.3, -0.25) is 0 Å². The van der Waals surface area contributed by atoms with Crippen LogP contribution in [0.25, 0.3) is 22.1 Å². The Bertz CT molecular complexity index is 995. The summed E-state index contributed by atoms with van der Waals surface area (Å²) in [5.41, 5.74) is 0.980. The van der Waals surface area contributed by atoms with Gasteiger partial charge in [0.2, 0.25) is 11.7 Å². The second-order valence-corrected chi connectivity index (χ2v) is 7.66. The van der Waals surface area contributed by atoms with Crippen molar-refractivity contribution in [2.75, 3.05) is 0 Å². The van der Waals surface area contributed by atoms with Gasteiger partial charge in [0.15, 0.2) is 11.0 Å². The van der Waals surface area contributed by atoms with Crippen molar-refractivity contribution in [3.05, 3.63) is 52.7 Å². The second kappa shape index (κ2) is 7.61. The largest absolute Gasteiger partial charge is 0.338 e. The number of aromatic nitrogens is 5. The minimum Gasteiger partial charge on any atom is -0.338 e. The van der Waals surface area contributed by atoms with Gasteiger partial charge >= 0.3 is 0 Å². The van der Waals surface area contributed by atoms with Crippen LogP contribution in [0.15, 0.2) is 51.5 Å². The Balaban J connectivity index is 1.51. The molecule has 0 aliphatic carbocycles. The molecule has 4 rings (SSSR count). The summed E-state index contributed by atoms with van der Waals surface area (Å²) in [6.45, 7) is 2.83. The van der Waals surface area contributed by atoms with Gasteiger partial charge in [0, 0.05) is 17.1 Å². The van der Waals surface area contributed by atoms with Gasteiger partial charge in [-0.25, -0.2) is 0 Å². The molecule has 4 aromatic rings. The van der Waals surface area contributed by atoms with E-state index in [1.807, 2.05) is 41.8 Å². The summed E-state index contributed by atoms with van der Waals surface area (Å²) in [6, 6.07) is 11.5. The Hall–Kier alpha value is -2.16. The number of halogens is 1. The Morgan fingerprint density at radius 3 is 2.77 bits per heavy atom. The van der Waals surface area contributed by atoms with E-state index in [1.165, 1.54) is 11.8 Å². The quantitative estimate of drug-likeness (QED) is 0.421. The van der Waals surface area contributed by atoms with Crippen molar-refractivity contribution < 1.29 is 4.52 Å². The number of rotatable bonds is 6. The smallest absolute Gasteiger partial charge is 0.237 e. The number of nitrogens with zero attached hydrogens (tertiary/aromatic N) is 5. The van der Waals surface area contributed by atoms with Crippen LogP contribution in [0.1, 0.15) is 12.8 Å². The molecule has 0 fully saturated rings. The van der Waals surface area contributed by atoms with Crippen molar-refractivity contribution in [3.8, 4) is 22.1 Å². The van der Waals surface area contributed by atoms with E-state index >= 15 is 0 Å². The van der Waals surface area contributed by atoms with Gasteiger partial charge in [0.1, 0.15) is 0 Å². The SMILES string of the molecule is CCn1c(SCc2nc(-c3cccs3)no2)nnc1-c1ccc(Cl)cc1. The molecule has 9 heteroatoms. The zero-order chi connectivity index (χ0) is 17.9. The highest BCUT2D eigenvalue weighted by Gasteiger charge is 2.15. The summed E-state index contributed by atoms with van der Waals surface area (Å²) in [6.07, 6.45) is 0. The van der Waals surface area contributed by atoms with E-state index in [1.54, 1.807) is 11.3 Å². The third-order valence-corrected chi connectivity index (χ3v) is 5.74. The van der Waals surface area contributed by atoms with Crippen molar-refractivity contribution in [2.24, 2.45) is 0 Å². The van der Waals surface area contributed by atoms with Gasteiger partial charge in [-0.05, 0) is 42.6 Å². The fourth-order valence-corrected chi connectivity index (χ4v) is 4.05. The first-order valence-electron chi connectivity index (χ1n) is 7.93. The maximum absolute atomic E-state index is 5.97. The van der Waals surface area contributed by atoms with Crippen LogP contribution in [0.3, 0.4) is 0 Å². The van der Waals surface area contributed by atoms with E-state index in [4.69, 9.17) is 16.1 Å². The molecule has 0 saturated heterocycles. The molecule has 0 unspecified atom stereocenters. The first-order valence-corrected chi connectivity index (χ1v) is 10.2. The Morgan fingerprint density at radius 1 is 1.19 bits per heavy atom. The predicted octanol–water partition coefficient (Wildman–Crippen LogP) is 5.02. The molecular formula is C17H14ClN5OS2. The van der Waals surface area contributed by atoms with Crippen molar-refractivity contribution >= 4 is 34.7 Å². The summed E-state index contributed by atoms with van der Waals surface area (Å²) in [5.74, 6) is 2.54. The van der Waals surface area contributed by atoms with Crippen molar-refractivity contribution in [1.29, 1.82) is 0 Å². The maximum atomic E-state index is 5.97. The lowest BCUT2D eigenvalue weighted by molar-refractivity contribution is 0.391. The Kier molecular flexibility index (Phi) is 5.05. The van der Waals surface area contributed by atoms with Crippen LogP contribution in [0.4, 0.5) is 0 Å². The Morgan fingerprint density at radius 2 is 2.04 bits per heavy atom. The topological polar surface area (TPSA) is 69.6 Å². The summed E-state index contributed by atoms with van der Waals surface area (Å²) in [7, 11) is 0. The predicted molar refractivity (Wildman–Crippen MR) is 103 cm³/mol. The summed E-state index contributed by atoms with van der Waals surface area (Å²) in [4.78, 5) is 5.43. The normalized spacial score (nSPS) is 11.2. The fourth-order valence-electron chi connectivity index (χ4n) is 2.44. The van der Waals surface area contributed by atoms with Crippen LogP contribution >= 0.6 is 34.7 Å². The molecule has 0 bridgehead atoms. The van der Waals surface area contributed by atoms with Gasteiger partial charge in [-0.1, -0.05) is 34.6 Å². The van der Waals surface area contributed by atoms with Crippen LogP contribution in [0.2, 0.25) is 5.02 Å². The van der Waals surface area contributed by atoms with Crippen LogP contribution in [0.5, 0.6) is 0 Å². The molecule has 1 aromatic carbocycles. The zero-order valence-corrected chi connectivity index (χ0v) is 16.2. The summed E-state index contributed by atoms with van der Waals surface area (Å²) in [5, 5.41) is 16.2. The average Bonchev–Trinajstić information content (AvgIpc) is 3.40. The number of thioether (sulfide) groups is 1. The van der Waals surface area contributed by atoms with E-state index in [0.717, 1.165) is 28.0 Å². The molecule has 0 saturated carbocycles. The molecule has 0 aliphatic heterocycles. The number of hydrogen-bond acceptors (Lipinski definition) is 7. The van der Waals surface area contributed by atoms with Crippen LogP contribution in [-0.2, 0) is 12.3 Å². The molecule has 3 heterocycles. The second-order valence-electron chi connectivity index (χ2n) is 5.34. The third kappa shape index (κ3) is 3.53. The van der Waals surface area contributed by atoms with Crippen LogP contribution in [0, 0.1) is 0 Å². The molecule has 0 radical (unpaired) electrons. The molecule has 26 heavy (non-hydrogen) atoms. The molecule has 3 aromatic heterocycles. The monoisotopic (exact) mass is 403 g/mol. The van der Waals surface area contributed by atoms with Gasteiger partial charge in [0.25, 0.3) is 0 Å². The fraction of sp³-hybridized carbons (Fsp3) is 0.176. The van der Waals surface area contributed by atoms with Crippen LogP contribution < -0.4 is 0 Å². The standard InChI is InChI=1S/C17H14ClN5OS2/c1-2-23-16(11-5-7-12(18)8-6-11)20-21-17(23)26-10-14-19-15(22-24-14)13-4-3-9-25-13/h3-9H,2,10H2,1H3. The highest BCUT2D eigenvalue weighted by atomic mass is 35.5. The average molecular weight is 404 g/mol. The maximum Gasteiger partial charge on any atom is 0.237 e. The lowest BCUT2D eigenvalue weighted by Crippen LogP contribution is -1.99. The molecule has 0 atom stereocenters. The van der Waals surface area contributed by atoms with E-state index in [9.17, 15) is 0 Å². The first kappa shape index (κ1) is 17.3. The number of thiophene rings is 1. The molecule has 6 nitrogen and oxygen atoms in total. The van der Waals surface area contributed by atoms with Gasteiger partial charge in [-0.2, -0.15) is 4.98 Å². The molecule has 0 amide bonds. The van der Waals surface area contributed by atoms with Crippen molar-refractivity contribution in [1.82, 2.24) is 24.9 Å². The number of benzene rings is 1. The lowest BCUT2D eigenvalue weighted by Gasteiger charge is -2.06. The van der Waals surface area contributed by atoms with E-state index in [0.29, 0.717) is 22.5 Å². The zero-order valence-electron chi connectivity index (χ0n) is 13.8. The van der Waals surface area contributed by atoms with Gasteiger partial charge < -0.3 is 9.09 Å². The third-order valence-electron chi connectivity index (χ3n) is 3.67. The highest BCUT2D eigenvalue weighted by molar-refractivity contribution is 7.98. The minimum absolute atomic E-state index is 0.539. The van der Waals surface area contributed by atoms with Crippen molar-refractivity contribution in [2.45, 2.75) is 24.4 Å². The van der Waals surface area contributed by atoms with E-state index in [-0.39, 0.29) is 0 Å². The van der Waals surface area contributed by atoms with E-state index < -0.39 is 0 Å². The van der Waals surface area contributed by atoms with Crippen molar-refractivity contribution in [3.63, 3.8) is 0 Å². The minimum atomic E-state index is 0.539. The molecule has 132 valence electrons. The Labute approximate surface area is 163 Å².